The minimum atomic E-state index is 0.322. The van der Waals surface area contributed by atoms with Crippen molar-refractivity contribution in [3.63, 3.8) is 0 Å². The minimum absolute atomic E-state index is 0.322. The van der Waals surface area contributed by atoms with Crippen molar-refractivity contribution in [2.75, 3.05) is 13.6 Å². The smallest absolute Gasteiger partial charge is 0.115 e. The van der Waals surface area contributed by atoms with E-state index in [9.17, 15) is 0 Å². The lowest BCUT2D eigenvalue weighted by molar-refractivity contribution is 0.283. The van der Waals surface area contributed by atoms with Crippen molar-refractivity contribution in [3.05, 3.63) is 142 Å². The maximum absolute atomic E-state index is 6.57. The van der Waals surface area contributed by atoms with E-state index in [1.807, 2.05) is 0 Å². The summed E-state index contributed by atoms with van der Waals surface area (Å²) >= 11 is 0. The van der Waals surface area contributed by atoms with E-state index in [1.165, 1.54) is 74.5 Å². The van der Waals surface area contributed by atoms with Gasteiger partial charge in [-0.15, -0.1) is 0 Å². The zero-order valence-electron chi connectivity index (χ0n) is 24.4. The average Bonchev–Trinajstić information content (AvgIpc) is 3.58. The van der Waals surface area contributed by atoms with Crippen LogP contribution in [-0.2, 0) is 17.7 Å². The van der Waals surface area contributed by atoms with Crippen LogP contribution in [0.4, 0.5) is 0 Å². The zero-order chi connectivity index (χ0) is 28.0. The van der Waals surface area contributed by atoms with Gasteiger partial charge in [0, 0.05) is 53.7 Å². The number of hydrogen-bond donors (Lipinski definition) is 0. The highest BCUT2D eigenvalue weighted by molar-refractivity contribution is 5.91. The van der Waals surface area contributed by atoms with Crippen LogP contribution in [-0.4, -0.2) is 23.1 Å². The molecule has 2 atom stereocenters. The standard InChI is InChI=1S/C39H38N2O/c1-40(25-27-10-3-2-4-11-27)26-28-18-21-30(22-19-28)41-36-16-7-5-12-32(36)35-24-29(20-23-37(35)41)31-14-9-15-34-33-13-6-8-17-38(33)42-39(31)34/h3,5-7,9-14,16,18-23,29,34H,2,4,8,15,17,24-26H2,1H3. The highest BCUT2D eigenvalue weighted by Crippen LogP contribution is 2.47. The van der Waals surface area contributed by atoms with Gasteiger partial charge in [0.2, 0.25) is 0 Å². The summed E-state index contributed by atoms with van der Waals surface area (Å²) in [6, 6.07) is 18.1. The second-order valence-electron chi connectivity index (χ2n) is 12.4. The Labute approximate surface area is 249 Å². The zero-order valence-corrected chi connectivity index (χ0v) is 24.4. The Morgan fingerprint density at radius 2 is 1.71 bits per heavy atom. The highest BCUT2D eigenvalue weighted by Gasteiger charge is 2.37. The van der Waals surface area contributed by atoms with Crippen molar-refractivity contribution in [3.8, 4) is 5.69 Å². The van der Waals surface area contributed by atoms with Gasteiger partial charge in [-0.3, -0.25) is 4.90 Å². The largest absolute Gasteiger partial charge is 0.465 e. The quantitative estimate of drug-likeness (QED) is 0.305. The fraction of sp³-hybridized carbons (Fsp3) is 0.282. The van der Waals surface area contributed by atoms with Gasteiger partial charge in [-0.1, -0.05) is 78.9 Å². The van der Waals surface area contributed by atoms with Crippen molar-refractivity contribution in [1.29, 1.82) is 0 Å². The molecule has 2 aromatic carbocycles. The molecule has 42 heavy (non-hydrogen) atoms. The van der Waals surface area contributed by atoms with Crippen molar-refractivity contribution in [1.82, 2.24) is 9.47 Å². The molecule has 0 N–H and O–H groups in total. The van der Waals surface area contributed by atoms with Crippen LogP contribution < -0.4 is 0 Å². The Morgan fingerprint density at radius 1 is 0.857 bits per heavy atom. The van der Waals surface area contributed by atoms with E-state index in [0.29, 0.717) is 11.8 Å². The monoisotopic (exact) mass is 550 g/mol. The van der Waals surface area contributed by atoms with E-state index in [-0.39, 0.29) is 0 Å². The first kappa shape index (κ1) is 25.6. The first-order valence-corrected chi connectivity index (χ1v) is 15.6. The Kier molecular flexibility index (Phi) is 6.49. The van der Waals surface area contributed by atoms with Crippen LogP contribution in [0.5, 0.6) is 0 Å². The number of ether oxygens (including phenoxy) is 1. The Hall–Kier alpha value is -4.08. The van der Waals surface area contributed by atoms with Crippen molar-refractivity contribution in [2.24, 2.45) is 11.8 Å². The molecule has 4 aliphatic carbocycles. The number of likely N-dealkylation sites (N-methyl/N-ethyl adjacent to an activating group) is 1. The van der Waals surface area contributed by atoms with Crippen LogP contribution in [0.15, 0.2) is 125 Å². The molecular weight excluding hydrogens is 512 g/mol. The van der Waals surface area contributed by atoms with Crippen LogP contribution in [0.3, 0.4) is 0 Å². The second-order valence-corrected chi connectivity index (χ2v) is 12.4. The molecule has 8 rings (SSSR count). The number of aromatic nitrogens is 1. The molecule has 0 amide bonds. The second kappa shape index (κ2) is 10.6. The lowest BCUT2D eigenvalue weighted by Gasteiger charge is -2.26. The highest BCUT2D eigenvalue weighted by atomic mass is 16.5. The maximum atomic E-state index is 6.57. The van der Waals surface area contributed by atoms with E-state index in [4.69, 9.17) is 4.74 Å². The Balaban J connectivity index is 1.08. The number of benzene rings is 2. The molecule has 0 bridgehead atoms. The third-order valence-corrected chi connectivity index (χ3v) is 9.54. The van der Waals surface area contributed by atoms with E-state index in [2.05, 4.69) is 120 Å². The van der Waals surface area contributed by atoms with Crippen molar-refractivity contribution >= 4 is 17.0 Å². The summed E-state index contributed by atoms with van der Waals surface area (Å²) in [5.41, 5.74) is 10.8. The molecule has 3 aromatic rings. The van der Waals surface area contributed by atoms with Gasteiger partial charge in [-0.05, 0) is 85.7 Å². The molecule has 0 radical (unpaired) electrons. The third kappa shape index (κ3) is 4.48. The number of rotatable bonds is 6. The predicted molar refractivity (Wildman–Crippen MR) is 173 cm³/mol. The van der Waals surface area contributed by atoms with Gasteiger partial charge in [0.25, 0.3) is 0 Å². The topological polar surface area (TPSA) is 17.4 Å². The van der Waals surface area contributed by atoms with E-state index < -0.39 is 0 Å². The molecular formula is C39H38N2O. The lowest BCUT2D eigenvalue weighted by Crippen LogP contribution is -2.20. The molecule has 3 nitrogen and oxygen atoms in total. The molecule has 1 aromatic heterocycles. The van der Waals surface area contributed by atoms with Gasteiger partial charge in [-0.2, -0.15) is 0 Å². The fourth-order valence-corrected chi connectivity index (χ4v) is 7.56. The summed E-state index contributed by atoms with van der Waals surface area (Å²) in [6.45, 7) is 1.94. The molecule has 3 heteroatoms. The Bertz CT molecular complexity index is 1770. The Morgan fingerprint density at radius 3 is 2.60 bits per heavy atom. The minimum Gasteiger partial charge on any atom is -0.465 e. The number of allylic oxidation sites excluding steroid dienone is 10. The normalized spacial score (nSPS) is 22.5. The van der Waals surface area contributed by atoms with Gasteiger partial charge in [0.15, 0.2) is 0 Å². The number of hydrogen-bond acceptors (Lipinski definition) is 2. The van der Waals surface area contributed by atoms with Gasteiger partial charge in [-0.25, -0.2) is 0 Å². The van der Waals surface area contributed by atoms with Gasteiger partial charge < -0.3 is 9.30 Å². The summed E-state index contributed by atoms with van der Waals surface area (Å²) in [4.78, 5) is 2.41. The molecule has 0 saturated heterocycles. The SMILES string of the molecule is CN(CC1=CCCC=C1)Cc1ccc(-n2c3c(c4ccccc42)CC(C2=C4OC5=C(C=CCC5)C4CC=C2)C=C3)cc1. The lowest BCUT2D eigenvalue weighted by atomic mass is 9.79. The molecule has 0 spiro atoms. The fourth-order valence-electron chi connectivity index (χ4n) is 7.56. The van der Waals surface area contributed by atoms with Gasteiger partial charge in [0.05, 0.1) is 5.52 Å². The molecule has 1 aliphatic heterocycles. The molecule has 2 heterocycles. The van der Waals surface area contributed by atoms with Crippen molar-refractivity contribution in [2.45, 2.75) is 45.1 Å². The van der Waals surface area contributed by atoms with Gasteiger partial charge >= 0.3 is 0 Å². The summed E-state index contributed by atoms with van der Waals surface area (Å²) in [5, 5.41) is 1.36. The van der Waals surface area contributed by atoms with Crippen LogP contribution >= 0.6 is 0 Å². The van der Waals surface area contributed by atoms with Crippen LogP contribution in [0, 0.1) is 11.8 Å². The molecule has 0 saturated carbocycles. The first-order valence-electron chi connectivity index (χ1n) is 15.6. The summed E-state index contributed by atoms with van der Waals surface area (Å²) in [6.07, 6.45) is 27.5. The molecule has 5 aliphatic rings. The van der Waals surface area contributed by atoms with Crippen LogP contribution in [0.1, 0.15) is 48.9 Å². The third-order valence-electron chi connectivity index (χ3n) is 9.54. The summed E-state index contributed by atoms with van der Waals surface area (Å²) < 4.78 is 9.03. The predicted octanol–water partition coefficient (Wildman–Crippen LogP) is 8.99. The van der Waals surface area contributed by atoms with Crippen LogP contribution in [0.25, 0.3) is 22.7 Å². The van der Waals surface area contributed by atoms with Crippen molar-refractivity contribution < 1.29 is 4.74 Å². The molecule has 2 unspecified atom stereocenters. The summed E-state index contributed by atoms with van der Waals surface area (Å²) in [5.74, 6) is 3.12. The average molecular weight is 551 g/mol. The maximum Gasteiger partial charge on any atom is 0.115 e. The van der Waals surface area contributed by atoms with E-state index >= 15 is 0 Å². The number of para-hydroxylation sites is 1. The summed E-state index contributed by atoms with van der Waals surface area (Å²) in [7, 11) is 2.22. The molecule has 210 valence electrons. The van der Waals surface area contributed by atoms with E-state index in [1.54, 1.807) is 0 Å². The van der Waals surface area contributed by atoms with Crippen LogP contribution in [0.2, 0.25) is 0 Å². The number of nitrogens with zero attached hydrogens (tertiary/aromatic N) is 2. The molecule has 0 fully saturated rings. The number of fused-ring (bicyclic) bond motifs is 5. The van der Waals surface area contributed by atoms with E-state index in [0.717, 1.165) is 38.8 Å². The van der Waals surface area contributed by atoms with Gasteiger partial charge in [0.1, 0.15) is 11.5 Å². The first-order chi connectivity index (χ1) is 20.7.